The second-order valence-corrected chi connectivity index (χ2v) is 5.12. The predicted molar refractivity (Wildman–Crippen MR) is 78.1 cm³/mol. The SMILES string of the molecule is CCc1ccc(/C=C2/C=CC(c3cccs3)=N2)[nH]1. The molecule has 0 bridgehead atoms. The molecule has 0 saturated heterocycles. The number of aromatic amines is 1. The number of aromatic nitrogens is 1. The molecule has 1 aliphatic rings. The minimum absolute atomic E-state index is 1.00. The molecule has 3 heteroatoms. The van der Waals surface area contributed by atoms with Crippen LogP contribution in [0.1, 0.15) is 23.2 Å². The van der Waals surface area contributed by atoms with Gasteiger partial charge in [0.25, 0.3) is 0 Å². The zero-order valence-corrected chi connectivity index (χ0v) is 11.0. The van der Waals surface area contributed by atoms with E-state index in [-0.39, 0.29) is 0 Å². The maximum Gasteiger partial charge on any atom is 0.0809 e. The highest BCUT2D eigenvalue weighted by Gasteiger charge is 2.07. The minimum Gasteiger partial charge on any atom is -0.359 e. The van der Waals surface area contributed by atoms with Crippen LogP contribution >= 0.6 is 11.3 Å². The Morgan fingerprint density at radius 2 is 2.22 bits per heavy atom. The molecule has 0 radical (unpaired) electrons. The van der Waals surface area contributed by atoms with Gasteiger partial charge < -0.3 is 4.98 Å². The second-order valence-electron chi connectivity index (χ2n) is 4.17. The molecule has 0 amide bonds. The van der Waals surface area contributed by atoms with Crippen molar-refractivity contribution in [2.45, 2.75) is 13.3 Å². The van der Waals surface area contributed by atoms with E-state index in [4.69, 9.17) is 0 Å². The monoisotopic (exact) mass is 254 g/mol. The van der Waals surface area contributed by atoms with Crippen molar-refractivity contribution in [1.82, 2.24) is 4.98 Å². The first-order valence-electron chi connectivity index (χ1n) is 6.05. The number of hydrogen-bond acceptors (Lipinski definition) is 2. The Kier molecular flexibility index (Phi) is 2.99. The number of rotatable bonds is 3. The van der Waals surface area contributed by atoms with Crippen LogP contribution in [0.5, 0.6) is 0 Å². The molecule has 0 atom stereocenters. The van der Waals surface area contributed by atoms with Gasteiger partial charge >= 0.3 is 0 Å². The van der Waals surface area contributed by atoms with Crippen LogP contribution in [0.25, 0.3) is 6.08 Å². The number of allylic oxidation sites excluding steroid dienone is 2. The summed E-state index contributed by atoms with van der Waals surface area (Å²) in [6.07, 6.45) is 7.24. The van der Waals surface area contributed by atoms with E-state index in [0.717, 1.165) is 23.5 Å². The molecular formula is C15H14N2S. The summed E-state index contributed by atoms with van der Waals surface area (Å²) in [5.74, 6) is 0. The molecule has 90 valence electrons. The van der Waals surface area contributed by atoms with Crippen molar-refractivity contribution in [3.05, 3.63) is 63.8 Å². The van der Waals surface area contributed by atoms with Crippen molar-refractivity contribution in [1.29, 1.82) is 0 Å². The predicted octanol–water partition coefficient (Wildman–Crippen LogP) is 4.04. The van der Waals surface area contributed by atoms with Gasteiger partial charge in [-0.15, -0.1) is 11.3 Å². The molecule has 2 nitrogen and oxygen atoms in total. The maximum atomic E-state index is 4.62. The lowest BCUT2D eigenvalue weighted by Gasteiger charge is -1.92. The first-order chi connectivity index (χ1) is 8.85. The summed E-state index contributed by atoms with van der Waals surface area (Å²) in [7, 11) is 0. The molecule has 0 aromatic carbocycles. The fourth-order valence-electron chi connectivity index (χ4n) is 1.93. The Morgan fingerprint density at radius 1 is 1.28 bits per heavy atom. The first-order valence-corrected chi connectivity index (χ1v) is 6.93. The van der Waals surface area contributed by atoms with E-state index < -0.39 is 0 Å². The fourth-order valence-corrected chi connectivity index (χ4v) is 2.62. The van der Waals surface area contributed by atoms with Crippen LogP contribution in [0.4, 0.5) is 0 Å². The van der Waals surface area contributed by atoms with Crippen LogP contribution in [-0.2, 0) is 6.42 Å². The molecule has 3 rings (SSSR count). The zero-order chi connectivity index (χ0) is 12.4. The summed E-state index contributed by atoms with van der Waals surface area (Å²) in [5, 5.41) is 2.08. The molecule has 2 aromatic rings. The highest BCUT2D eigenvalue weighted by atomic mass is 32.1. The van der Waals surface area contributed by atoms with Crippen LogP contribution in [0.15, 0.2) is 52.5 Å². The third-order valence-corrected chi connectivity index (χ3v) is 3.78. The summed E-state index contributed by atoms with van der Waals surface area (Å²) in [6.45, 7) is 2.14. The van der Waals surface area contributed by atoms with Crippen LogP contribution in [-0.4, -0.2) is 10.7 Å². The molecule has 0 fully saturated rings. The van der Waals surface area contributed by atoms with Crippen molar-refractivity contribution in [3.8, 4) is 0 Å². The van der Waals surface area contributed by atoms with Crippen molar-refractivity contribution in [2.24, 2.45) is 4.99 Å². The van der Waals surface area contributed by atoms with E-state index in [1.807, 2.05) is 0 Å². The highest BCUT2D eigenvalue weighted by Crippen LogP contribution is 2.20. The van der Waals surface area contributed by atoms with Crippen LogP contribution in [0.3, 0.4) is 0 Å². The van der Waals surface area contributed by atoms with Gasteiger partial charge in [0.05, 0.1) is 16.3 Å². The van der Waals surface area contributed by atoms with Gasteiger partial charge in [-0.25, -0.2) is 4.99 Å². The molecule has 18 heavy (non-hydrogen) atoms. The molecule has 0 unspecified atom stereocenters. The van der Waals surface area contributed by atoms with Crippen molar-refractivity contribution in [3.63, 3.8) is 0 Å². The van der Waals surface area contributed by atoms with E-state index in [0.29, 0.717) is 0 Å². The molecule has 0 saturated carbocycles. The maximum absolute atomic E-state index is 4.62. The smallest absolute Gasteiger partial charge is 0.0809 e. The van der Waals surface area contributed by atoms with Crippen LogP contribution in [0.2, 0.25) is 0 Å². The number of aliphatic imine (C=N–C) groups is 1. The van der Waals surface area contributed by atoms with Gasteiger partial charge in [0.15, 0.2) is 0 Å². The van der Waals surface area contributed by atoms with Gasteiger partial charge in [0, 0.05) is 11.4 Å². The van der Waals surface area contributed by atoms with Gasteiger partial charge in [-0.05, 0) is 48.2 Å². The van der Waals surface area contributed by atoms with E-state index in [1.165, 1.54) is 10.6 Å². The largest absolute Gasteiger partial charge is 0.359 e. The van der Waals surface area contributed by atoms with E-state index >= 15 is 0 Å². The van der Waals surface area contributed by atoms with E-state index in [9.17, 15) is 0 Å². The van der Waals surface area contributed by atoms with E-state index in [1.54, 1.807) is 11.3 Å². The third-order valence-electron chi connectivity index (χ3n) is 2.89. The number of nitrogens with zero attached hydrogens (tertiary/aromatic N) is 1. The number of H-pyrrole nitrogens is 1. The summed E-state index contributed by atoms with van der Waals surface area (Å²) in [4.78, 5) is 9.20. The van der Waals surface area contributed by atoms with Gasteiger partial charge in [-0.2, -0.15) is 0 Å². The summed E-state index contributed by atoms with van der Waals surface area (Å²) in [5.41, 5.74) is 4.43. The molecule has 1 aliphatic heterocycles. The number of aryl methyl sites for hydroxylation is 1. The Balaban J connectivity index is 1.85. The summed E-state index contributed by atoms with van der Waals surface area (Å²) in [6, 6.07) is 8.37. The fraction of sp³-hybridized carbons (Fsp3) is 0.133. The average Bonchev–Trinajstić information content (AvgIpc) is 3.10. The number of hydrogen-bond donors (Lipinski definition) is 1. The second kappa shape index (κ2) is 4.78. The quantitative estimate of drug-likeness (QED) is 0.856. The lowest BCUT2D eigenvalue weighted by Crippen LogP contribution is -1.87. The molecular weight excluding hydrogens is 240 g/mol. The van der Waals surface area contributed by atoms with Crippen LogP contribution in [0, 0.1) is 0 Å². The first kappa shape index (κ1) is 11.2. The minimum atomic E-state index is 1.00. The van der Waals surface area contributed by atoms with E-state index in [2.05, 4.69) is 64.8 Å². The van der Waals surface area contributed by atoms with Crippen molar-refractivity contribution in [2.75, 3.05) is 0 Å². The summed E-state index contributed by atoms with van der Waals surface area (Å²) >= 11 is 1.72. The molecule has 0 aliphatic carbocycles. The van der Waals surface area contributed by atoms with Crippen molar-refractivity contribution < 1.29 is 0 Å². The topological polar surface area (TPSA) is 28.1 Å². The van der Waals surface area contributed by atoms with Crippen LogP contribution < -0.4 is 0 Å². The van der Waals surface area contributed by atoms with Gasteiger partial charge in [-0.1, -0.05) is 13.0 Å². The normalized spacial score (nSPS) is 16.5. The highest BCUT2D eigenvalue weighted by molar-refractivity contribution is 7.12. The number of thiophene rings is 1. The Bertz CT molecular complexity index is 627. The molecule has 2 aromatic heterocycles. The molecule has 3 heterocycles. The average molecular weight is 254 g/mol. The van der Waals surface area contributed by atoms with Gasteiger partial charge in [-0.3, -0.25) is 0 Å². The van der Waals surface area contributed by atoms with Gasteiger partial charge in [0.2, 0.25) is 0 Å². The van der Waals surface area contributed by atoms with Gasteiger partial charge in [0.1, 0.15) is 0 Å². The van der Waals surface area contributed by atoms with Crippen molar-refractivity contribution >= 4 is 23.1 Å². The standard InChI is InChI=1S/C15H14N2S/c1-2-11-5-6-12(16-11)10-13-7-8-14(17-13)15-4-3-9-18-15/h3-10,16H,2H2,1H3/b13-10-. The third kappa shape index (κ3) is 2.22. The zero-order valence-electron chi connectivity index (χ0n) is 10.2. The summed E-state index contributed by atoms with van der Waals surface area (Å²) < 4.78 is 0. The lowest BCUT2D eigenvalue weighted by molar-refractivity contribution is 1.06. The molecule has 0 spiro atoms. The lowest BCUT2D eigenvalue weighted by atomic mass is 10.3. The molecule has 1 N–H and O–H groups in total. The Morgan fingerprint density at radius 3 is 2.94 bits per heavy atom. The Labute approximate surface area is 110 Å². The Hall–Kier alpha value is -1.87. The number of nitrogens with one attached hydrogen (secondary N) is 1.